The van der Waals surface area contributed by atoms with Crippen molar-refractivity contribution in [3.05, 3.63) is 46.4 Å². The first-order chi connectivity index (χ1) is 9.29. The van der Waals surface area contributed by atoms with Crippen molar-refractivity contribution in [2.75, 3.05) is 12.4 Å². The molecule has 0 saturated heterocycles. The van der Waals surface area contributed by atoms with Crippen LogP contribution in [0.25, 0.3) is 10.9 Å². The molecule has 0 radical (unpaired) electrons. The van der Waals surface area contributed by atoms with Crippen LogP contribution in [0, 0.1) is 0 Å². The van der Waals surface area contributed by atoms with Crippen molar-refractivity contribution in [3.8, 4) is 0 Å². The van der Waals surface area contributed by atoms with Crippen LogP contribution in [0.1, 0.15) is 5.69 Å². The summed E-state index contributed by atoms with van der Waals surface area (Å²) >= 11 is 1.30. The highest BCUT2D eigenvalue weighted by Gasteiger charge is 2.09. The number of aromatic nitrogens is 4. The van der Waals surface area contributed by atoms with Gasteiger partial charge in [0.1, 0.15) is 10.7 Å². The van der Waals surface area contributed by atoms with Gasteiger partial charge in [-0.1, -0.05) is 16.6 Å². The Bertz CT molecular complexity index is 779. The Morgan fingerprint density at radius 1 is 1.37 bits per heavy atom. The van der Waals surface area contributed by atoms with Gasteiger partial charge in [0, 0.05) is 24.0 Å². The Kier molecular flexibility index (Phi) is 2.96. The first kappa shape index (κ1) is 11.8. The van der Waals surface area contributed by atoms with E-state index in [1.807, 2.05) is 25.2 Å². The van der Waals surface area contributed by atoms with E-state index in [-0.39, 0.29) is 5.43 Å². The Balaban J connectivity index is 2.11. The average molecular weight is 273 g/mol. The summed E-state index contributed by atoms with van der Waals surface area (Å²) in [7, 11) is 1.83. The monoisotopic (exact) mass is 273 g/mol. The molecule has 1 N–H and O–H groups in total. The largest absolute Gasteiger partial charge is 0.377 e. The van der Waals surface area contributed by atoms with Crippen LogP contribution in [0.15, 0.2) is 35.3 Å². The van der Waals surface area contributed by atoms with Crippen LogP contribution in [-0.4, -0.2) is 26.4 Å². The fourth-order valence-electron chi connectivity index (χ4n) is 1.93. The minimum absolute atomic E-state index is 0.0721. The molecule has 19 heavy (non-hydrogen) atoms. The zero-order valence-electron chi connectivity index (χ0n) is 10.2. The lowest BCUT2D eigenvalue weighted by atomic mass is 10.2. The van der Waals surface area contributed by atoms with Gasteiger partial charge in [0.2, 0.25) is 5.43 Å². The second-order valence-electron chi connectivity index (χ2n) is 3.98. The van der Waals surface area contributed by atoms with E-state index in [9.17, 15) is 4.79 Å². The predicted molar refractivity (Wildman–Crippen MR) is 74.6 cm³/mol. The first-order valence-electron chi connectivity index (χ1n) is 5.73. The first-order valence-corrected chi connectivity index (χ1v) is 6.51. The van der Waals surface area contributed by atoms with Crippen molar-refractivity contribution < 1.29 is 0 Å². The van der Waals surface area contributed by atoms with Crippen LogP contribution in [0.5, 0.6) is 0 Å². The molecule has 0 atom stereocenters. The SMILES string of the molecule is CNc1snnc1Cn1ncc(=O)c2ccccc21. The number of fused-ring (bicyclic) bond motifs is 1. The average Bonchev–Trinajstić information content (AvgIpc) is 2.89. The highest BCUT2D eigenvalue weighted by molar-refractivity contribution is 7.10. The van der Waals surface area contributed by atoms with Crippen molar-refractivity contribution in [3.63, 3.8) is 0 Å². The number of nitrogens with one attached hydrogen (secondary N) is 1. The zero-order valence-corrected chi connectivity index (χ0v) is 11.0. The molecule has 0 amide bonds. The Morgan fingerprint density at radius 3 is 3.05 bits per heavy atom. The van der Waals surface area contributed by atoms with E-state index in [4.69, 9.17) is 0 Å². The standard InChI is InChI=1S/C12H11N5OS/c1-13-12-9(15-16-19-12)7-17-10-5-3-2-4-8(10)11(18)6-14-17/h2-6,13H,7H2,1H3. The number of hydrogen-bond acceptors (Lipinski definition) is 6. The number of anilines is 1. The summed E-state index contributed by atoms with van der Waals surface area (Å²) in [6, 6.07) is 7.41. The molecule has 3 rings (SSSR count). The van der Waals surface area contributed by atoms with Gasteiger partial charge in [-0.15, -0.1) is 5.10 Å². The molecule has 2 heterocycles. The molecular weight excluding hydrogens is 262 g/mol. The van der Waals surface area contributed by atoms with E-state index >= 15 is 0 Å². The predicted octanol–water partition coefficient (Wildman–Crippen LogP) is 1.34. The van der Waals surface area contributed by atoms with Gasteiger partial charge < -0.3 is 5.32 Å². The Morgan fingerprint density at radius 2 is 2.21 bits per heavy atom. The molecule has 2 aromatic heterocycles. The number of nitrogens with zero attached hydrogens (tertiary/aromatic N) is 4. The summed E-state index contributed by atoms with van der Waals surface area (Å²) in [5, 5.41) is 12.9. The second kappa shape index (κ2) is 4.77. The molecule has 0 aliphatic heterocycles. The van der Waals surface area contributed by atoms with Gasteiger partial charge >= 0.3 is 0 Å². The molecule has 0 aliphatic rings. The molecule has 1 aromatic carbocycles. The topological polar surface area (TPSA) is 72.7 Å². The van der Waals surface area contributed by atoms with Crippen molar-refractivity contribution in [1.29, 1.82) is 0 Å². The fraction of sp³-hybridized carbons (Fsp3) is 0.167. The highest BCUT2D eigenvalue weighted by Crippen LogP contribution is 2.18. The maximum atomic E-state index is 11.7. The lowest BCUT2D eigenvalue weighted by molar-refractivity contribution is 0.679. The second-order valence-corrected chi connectivity index (χ2v) is 4.74. The van der Waals surface area contributed by atoms with Gasteiger partial charge in [0.25, 0.3) is 0 Å². The van der Waals surface area contributed by atoms with Crippen molar-refractivity contribution in [2.24, 2.45) is 0 Å². The van der Waals surface area contributed by atoms with Gasteiger partial charge in [-0.2, -0.15) is 5.10 Å². The summed E-state index contributed by atoms with van der Waals surface area (Å²) in [6.07, 6.45) is 1.33. The van der Waals surface area contributed by atoms with Crippen LogP contribution < -0.4 is 10.7 Å². The van der Waals surface area contributed by atoms with Crippen LogP contribution in [0.4, 0.5) is 5.00 Å². The molecule has 3 aromatic rings. The van der Waals surface area contributed by atoms with Gasteiger partial charge in [-0.25, -0.2) is 0 Å². The number of hydrogen-bond donors (Lipinski definition) is 1. The van der Waals surface area contributed by atoms with Crippen molar-refractivity contribution in [1.82, 2.24) is 19.4 Å². The van der Waals surface area contributed by atoms with Gasteiger partial charge in [0.15, 0.2) is 0 Å². The third-order valence-corrected chi connectivity index (χ3v) is 3.63. The van der Waals surface area contributed by atoms with Crippen molar-refractivity contribution >= 4 is 27.4 Å². The van der Waals surface area contributed by atoms with E-state index in [1.54, 1.807) is 10.7 Å². The van der Waals surface area contributed by atoms with Crippen LogP contribution in [0.3, 0.4) is 0 Å². The molecule has 0 unspecified atom stereocenters. The summed E-state index contributed by atoms with van der Waals surface area (Å²) in [4.78, 5) is 11.7. The lowest BCUT2D eigenvalue weighted by Crippen LogP contribution is -2.13. The molecule has 7 heteroatoms. The summed E-state index contributed by atoms with van der Waals surface area (Å²) in [5.74, 6) is 0. The lowest BCUT2D eigenvalue weighted by Gasteiger charge is -2.08. The Hall–Kier alpha value is -2.28. The van der Waals surface area contributed by atoms with E-state index in [2.05, 4.69) is 20.0 Å². The maximum Gasteiger partial charge on any atom is 0.207 e. The van der Waals surface area contributed by atoms with Crippen molar-refractivity contribution in [2.45, 2.75) is 6.54 Å². The molecule has 96 valence electrons. The van der Waals surface area contributed by atoms with Crippen LogP contribution in [0.2, 0.25) is 0 Å². The molecule has 0 saturated carbocycles. The minimum atomic E-state index is -0.0721. The third-order valence-electron chi connectivity index (χ3n) is 2.84. The summed E-state index contributed by atoms with van der Waals surface area (Å²) in [6.45, 7) is 0.480. The number of benzene rings is 1. The third kappa shape index (κ3) is 2.08. The minimum Gasteiger partial charge on any atom is -0.377 e. The molecule has 0 spiro atoms. The zero-order chi connectivity index (χ0) is 13.2. The maximum absolute atomic E-state index is 11.7. The highest BCUT2D eigenvalue weighted by atomic mass is 32.1. The molecule has 0 fully saturated rings. The number of rotatable bonds is 3. The van der Waals surface area contributed by atoms with E-state index in [1.165, 1.54) is 17.7 Å². The normalized spacial score (nSPS) is 10.8. The fourth-order valence-corrected chi connectivity index (χ4v) is 2.45. The van der Waals surface area contributed by atoms with E-state index in [0.717, 1.165) is 16.2 Å². The molecule has 0 bridgehead atoms. The van der Waals surface area contributed by atoms with Crippen LogP contribution >= 0.6 is 11.5 Å². The molecular formula is C12H11N5OS. The Labute approximate surface area is 112 Å². The summed E-state index contributed by atoms with van der Waals surface area (Å²) in [5.41, 5.74) is 1.54. The van der Waals surface area contributed by atoms with Gasteiger partial charge in [-0.05, 0) is 12.1 Å². The van der Waals surface area contributed by atoms with E-state index in [0.29, 0.717) is 11.9 Å². The van der Waals surface area contributed by atoms with E-state index < -0.39 is 0 Å². The molecule has 6 nitrogen and oxygen atoms in total. The quantitative estimate of drug-likeness (QED) is 0.779. The van der Waals surface area contributed by atoms with Gasteiger partial charge in [0.05, 0.1) is 18.3 Å². The summed E-state index contributed by atoms with van der Waals surface area (Å²) < 4.78 is 5.67. The number of para-hydroxylation sites is 1. The van der Waals surface area contributed by atoms with Crippen LogP contribution in [-0.2, 0) is 6.54 Å². The smallest absolute Gasteiger partial charge is 0.207 e. The van der Waals surface area contributed by atoms with Gasteiger partial charge in [-0.3, -0.25) is 9.48 Å². The molecule has 0 aliphatic carbocycles.